The highest BCUT2D eigenvalue weighted by Crippen LogP contribution is 2.24. The van der Waals surface area contributed by atoms with Crippen LogP contribution in [0.1, 0.15) is 37.8 Å². The van der Waals surface area contributed by atoms with Crippen LogP contribution in [0.4, 0.5) is 11.4 Å². The Morgan fingerprint density at radius 2 is 1.73 bits per heavy atom. The van der Waals surface area contributed by atoms with E-state index in [4.69, 9.17) is 0 Å². The van der Waals surface area contributed by atoms with Crippen LogP contribution < -0.4 is 9.80 Å². The minimum Gasteiger partial charge on any atom is -0.507 e. The largest absolute Gasteiger partial charge is 0.507 e. The molecule has 4 nitrogen and oxygen atoms in total. The van der Waals surface area contributed by atoms with Crippen molar-refractivity contribution in [3.05, 3.63) is 53.6 Å². The maximum absolute atomic E-state index is 10.3. The summed E-state index contributed by atoms with van der Waals surface area (Å²) >= 11 is 0. The van der Waals surface area contributed by atoms with Crippen LogP contribution in [-0.4, -0.2) is 37.5 Å². The molecule has 1 aliphatic heterocycles. The number of hydrogen-bond acceptors (Lipinski definition) is 3. The standard InChI is InChI=1S/C22H29N3O/c1-3-25(4-2)21-12-9-19(22(26)15-21)16-23-20-10-7-18(8-11-20)17-24-13-5-6-14-24/h7-12,15-16,26H,3-6,13-14,17H2,1-2H3/p+1. The minimum atomic E-state index is 0.271. The Balaban J connectivity index is 1.65. The monoisotopic (exact) mass is 352 g/mol. The van der Waals surface area contributed by atoms with Gasteiger partial charge in [-0.05, 0) is 38.1 Å². The van der Waals surface area contributed by atoms with Gasteiger partial charge in [-0.1, -0.05) is 12.1 Å². The summed E-state index contributed by atoms with van der Waals surface area (Å²) in [5.41, 5.74) is 4.06. The number of hydrogen-bond donors (Lipinski definition) is 2. The van der Waals surface area contributed by atoms with E-state index in [1.54, 1.807) is 11.1 Å². The number of nitrogens with zero attached hydrogens (tertiary/aromatic N) is 2. The zero-order valence-electron chi connectivity index (χ0n) is 15.9. The Labute approximate surface area is 156 Å². The van der Waals surface area contributed by atoms with E-state index in [9.17, 15) is 5.11 Å². The number of nitrogens with one attached hydrogen (secondary N) is 1. The summed E-state index contributed by atoms with van der Waals surface area (Å²) in [6, 6.07) is 14.2. The third-order valence-corrected chi connectivity index (χ3v) is 5.20. The molecule has 1 aliphatic rings. The van der Waals surface area contributed by atoms with Gasteiger partial charge in [0.25, 0.3) is 0 Å². The van der Waals surface area contributed by atoms with Crippen molar-refractivity contribution in [3.63, 3.8) is 0 Å². The van der Waals surface area contributed by atoms with Crippen molar-refractivity contribution >= 4 is 17.6 Å². The molecule has 0 aromatic heterocycles. The lowest BCUT2D eigenvalue weighted by Crippen LogP contribution is -3.08. The highest BCUT2D eigenvalue weighted by atomic mass is 16.3. The van der Waals surface area contributed by atoms with Gasteiger partial charge in [0.2, 0.25) is 0 Å². The normalized spacial score (nSPS) is 15.0. The van der Waals surface area contributed by atoms with Gasteiger partial charge in [0.05, 0.1) is 18.8 Å². The molecule has 0 radical (unpaired) electrons. The molecule has 138 valence electrons. The van der Waals surface area contributed by atoms with Crippen LogP contribution in [0.15, 0.2) is 47.5 Å². The van der Waals surface area contributed by atoms with Gasteiger partial charge in [0, 0.05) is 55.0 Å². The molecule has 2 N–H and O–H groups in total. The van der Waals surface area contributed by atoms with E-state index in [1.165, 1.54) is 31.5 Å². The summed E-state index contributed by atoms with van der Waals surface area (Å²) in [5, 5.41) is 10.3. The van der Waals surface area contributed by atoms with Crippen LogP contribution >= 0.6 is 0 Å². The van der Waals surface area contributed by atoms with Crippen LogP contribution in [0, 0.1) is 0 Å². The fourth-order valence-electron chi connectivity index (χ4n) is 3.61. The molecule has 26 heavy (non-hydrogen) atoms. The molecular weight excluding hydrogens is 322 g/mol. The van der Waals surface area contributed by atoms with E-state index in [0.717, 1.165) is 36.6 Å². The number of phenols is 1. The third kappa shape index (κ3) is 4.64. The predicted octanol–water partition coefficient (Wildman–Crippen LogP) is 3.17. The molecule has 3 rings (SSSR count). The molecule has 0 aliphatic carbocycles. The average molecular weight is 353 g/mol. The van der Waals surface area contributed by atoms with Gasteiger partial charge in [0.1, 0.15) is 12.3 Å². The summed E-state index contributed by atoms with van der Waals surface area (Å²) in [4.78, 5) is 8.41. The highest BCUT2D eigenvalue weighted by molar-refractivity contribution is 5.86. The van der Waals surface area contributed by atoms with Gasteiger partial charge in [0.15, 0.2) is 0 Å². The maximum Gasteiger partial charge on any atom is 0.126 e. The number of phenolic OH excluding ortho intramolecular Hbond substituents is 1. The van der Waals surface area contributed by atoms with Crippen molar-refractivity contribution in [1.29, 1.82) is 0 Å². The second-order valence-corrected chi connectivity index (χ2v) is 6.97. The first kappa shape index (κ1) is 18.5. The molecule has 2 aromatic carbocycles. The maximum atomic E-state index is 10.3. The van der Waals surface area contributed by atoms with Gasteiger partial charge < -0.3 is 14.9 Å². The summed E-state index contributed by atoms with van der Waals surface area (Å²) in [5.74, 6) is 0.271. The van der Waals surface area contributed by atoms with Crippen molar-refractivity contribution in [2.24, 2.45) is 4.99 Å². The zero-order valence-corrected chi connectivity index (χ0v) is 15.9. The molecule has 0 bridgehead atoms. The Hall–Kier alpha value is -2.33. The SMILES string of the molecule is CCN(CC)c1ccc(C=Nc2ccc(C[NH+]3CCCC3)cc2)c(O)c1. The molecular formula is C22H30N3O+. The zero-order chi connectivity index (χ0) is 18.4. The molecule has 1 saturated heterocycles. The van der Waals surface area contributed by atoms with Crippen LogP contribution in [0.25, 0.3) is 0 Å². The van der Waals surface area contributed by atoms with Crippen molar-refractivity contribution < 1.29 is 10.0 Å². The van der Waals surface area contributed by atoms with Crippen LogP contribution in [0.3, 0.4) is 0 Å². The summed E-state index contributed by atoms with van der Waals surface area (Å²) in [6.45, 7) is 9.78. The van der Waals surface area contributed by atoms with Crippen molar-refractivity contribution in [3.8, 4) is 5.75 Å². The molecule has 2 aromatic rings. The fraction of sp³-hybridized carbons (Fsp3) is 0.409. The number of aromatic hydroxyl groups is 1. The van der Waals surface area contributed by atoms with Crippen molar-refractivity contribution in [1.82, 2.24) is 0 Å². The first-order chi connectivity index (χ1) is 12.7. The number of aliphatic imine (C=N–C) groups is 1. The summed E-state index contributed by atoms with van der Waals surface area (Å²) in [7, 11) is 0. The molecule has 0 saturated carbocycles. The van der Waals surface area contributed by atoms with Crippen molar-refractivity contribution in [2.75, 3.05) is 31.1 Å². The van der Waals surface area contributed by atoms with Gasteiger partial charge >= 0.3 is 0 Å². The van der Waals surface area contributed by atoms with Crippen molar-refractivity contribution in [2.45, 2.75) is 33.2 Å². The van der Waals surface area contributed by atoms with E-state index in [-0.39, 0.29) is 5.75 Å². The summed E-state index contributed by atoms with van der Waals surface area (Å²) in [6.07, 6.45) is 4.45. The molecule has 0 amide bonds. The van der Waals surface area contributed by atoms with E-state index in [1.807, 2.05) is 18.2 Å². The quantitative estimate of drug-likeness (QED) is 0.752. The molecule has 1 fully saturated rings. The minimum absolute atomic E-state index is 0.271. The predicted molar refractivity (Wildman–Crippen MR) is 109 cm³/mol. The highest BCUT2D eigenvalue weighted by Gasteiger charge is 2.15. The first-order valence-electron chi connectivity index (χ1n) is 9.74. The smallest absolute Gasteiger partial charge is 0.126 e. The van der Waals surface area contributed by atoms with Gasteiger partial charge in [-0.25, -0.2) is 0 Å². The van der Waals surface area contributed by atoms with Gasteiger partial charge in [-0.2, -0.15) is 0 Å². The Morgan fingerprint density at radius 1 is 1.04 bits per heavy atom. The first-order valence-corrected chi connectivity index (χ1v) is 9.74. The van der Waals surface area contributed by atoms with E-state index < -0.39 is 0 Å². The van der Waals surface area contributed by atoms with E-state index in [2.05, 4.69) is 48.0 Å². The molecule has 0 atom stereocenters. The molecule has 4 heteroatoms. The molecule has 0 spiro atoms. The lowest BCUT2D eigenvalue weighted by molar-refractivity contribution is -0.901. The van der Waals surface area contributed by atoms with Gasteiger partial charge in [-0.15, -0.1) is 0 Å². The van der Waals surface area contributed by atoms with E-state index in [0.29, 0.717) is 0 Å². The molecule has 1 heterocycles. The Morgan fingerprint density at radius 3 is 2.35 bits per heavy atom. The third-order valence-electron chi connectivity index (χ3n) is 5.20. The number of likely N-dealkylation sites (tertiary alicyclic amines) is 1. The van der Waals surface area contributed by atoms with Crippen LogP contribution in [0.5, 0.6) is 5.75 Å². The summed E-state index contributed by atoms with van der Waals surface area (Å²) < 4.78 is 0. The van der Waals surface area contributed by atoms with Crippen LogP contribution in [-0.2, 0) is 6.54 Å². The second kappa shape index (κ2) is 8.86. The topological polar surface area (TPSA) is 40.3 Å². The average Bonchev–Trinajstić information content (AvgIpc) is 3.16. The number of benzene rings is 2. The Bertz CT molecular complexity index is 730. The lowest BCUT2D eigenvalue weighted by Gasteiger charge is -2.21. The second-order valence-electron chi connectivity index (χ2n) is 6.97. The van der Waals surface area contributed by atoms with E-state index >= 15 is 0 Å². The fourth-order valence-corrected chi connectivity index (χ4v) is 3.61. The van der Waals surface area contributed by atoms with Crippen LogP contribution in [0.2, 0.25) is 0 Å². The lowest BCUT2D eigenvalue weighted by atomic mass is 10.1. The number of anilines is 1. The molecule has 0 unspecified atom stereocenters. The Kier molecular flexibility index (Phi) is 6.29. The van der Waals surface area contributed by atoms with Gasteiger partial charge in [-0.3, -0.25) is 4.99 Å². The number of rotatable bonds is 7. The number of quaternary nitrogens is 1.